The molecular weight excluding hydrogens is 387 g/mol. The number of benzene rings is 3. The Labute approximate surface area is 173 Å². The number of carboxylic acid groups (broad SMARTS) is 1. The van der Waals surface area contributed by atoms with Gasteiger partial charge in [-0.05, 0) is 54.8 Å². The molecule has 154 valence electrons. The van der Waals surface area contributed by atoms with Crippen LogP contribution in [0, 0.1) is 5.82 Å². The first-order valence-corrected chi connectivity index (χ1v) is 9.47. The van der Waals surface area contributed by atoms with E-state index < -0.39 is 17.9 Å². The molecule has 1 atom stereocenters. The van der Waals surface area contributed by atoms with Crippen molar-refractivity contribution in [2.75, 3.05) is 6.61 Å². The number of halogens is 1. The van der Waals surface area contributed by atoms with Crippen LogP contribution in [-0.2, 0) is 11.2 Å². The molecule has 5 nitrogen and oxygen atoms in total. The van der Waals surface area contributed by atoms with Gasteiger partial charge in [-0.15, -0.1) is 0 Å². The van der Waals surface area contributed by atoms with E-state index in [2.05, 4.69) is 0 Å². The Balaban J connectivity index is 1.66. The zero-order chi connectivity index (χ0) is 21.3. The Morgan fingerprint density at radius 3 is 2.27 bits per heavy atom. The van der Waals surface area contributed by atoms with Crippen molar-refractivity contribution < 1.29 is 28.6 Å². The van der Waals surface area contributed by atoms with Gasteiger partial charge in [0.2, 0.25) is 5.78 Å². The number of rotatable bonds is 10. The molecule has 0 aliphatic heterocycles. The Bertz CT molecular complexity index is 986. The SMILES string of the molecule is O=C(COc1ccc(F)cc1)c1ccccc1OC(CCc1ccccc1)C(=O)O. The second-order valence-electron chi connectivity index (χ2n) is 6.63. The molecule has 6 heteroatoms. The molecule has 1 unspecified atom stereocenters. The number of carbonyl (C=O) groups excluding carboxylic acids is 1. The lowest BCUT2D eigenvalue weighted by molar-refractivity contribution is -0.145. The van der Waals surface area contributed by atoms with E-state index in [0.717, 1.165) is 5.56 Å². The van der Waals surface area contributed by atoms with E-state index in [1.807, 2.05) is 30.3 Å². The Hall–Kier alpha value is -3.67. The lowest BCUT2D eigenvalue weighted by Gasteiger charge is -2.17. The average molecular weight is 408 g/mol. The van der Waals surface area contributed by atoms with Gasteiger partial charge in [-0.2, -0.15) is 0 Å². The van der Waals surface area contributed by atoms with Crippen molar-refractivity contribution in [3.63, 3.8) is 0 Å². The highest BCUT2D eigenvalue weighted by Gasteiger charge is 2.22. The predicted molar refractivity (Wildman–Crippen MR) is 109 cm³/mol. The minimum atomic E-state index is -1.10. The summed E-state index contributed by atoms with van der Waals surface area (Å²) in [7, 11) is 0. The van der Waals surface area contributed by atoms with E-state index in [1.165, 1.54) is 24.3 Å². The number of carboxylic acids is 1. The van der Waals surface area contributed by atoms with Crippen LogP contribution in [0.25, 0.3) is 0 Å². The van der Waals surface area contributed by atoms with Crippen LogP contribution in [0.1, 0.15) is 22.3 Å². The minimum absolute atomic E-state index is 0.186. The number of hydrogen-bond acceptors (Lipinski definition) is 4. The maximum absolute atomic E-state index is 13.0. The molecule has 1 N–H and O–H groups in total. The maximum atomic E-state index is 13.0. The van der Waals surface area contributed by atoms with Crippen molar-refractivity contribution in [2.45, 2.75) is 18.9 Å². The molecular formula is C24H21FO5. The molecule has 30 heavy (non-hydrogen) atoms. The summed E-state index contributed by atoms with van der Waals surface area (Å²) >= 11 is 0. The Morgan fingerprint density at radius 1 is 0.900 bits per heavy atom. The number of hydrogen-bond donors (Lipinski definition) is 1. The molecule has 3 aromatic carbocycles. The second kappa shape index (κ2) is 10.2. The minimum Gasteiger partial charge on any atom is -0.485 e. The molecule has 0 fully saturated rings. The topological polar surface area (TPSA) is 72.8 Å². The van der Waals surface area contributed by atoms with Crippen LogP contribution in [-0.4, -0.2) is 29.6 Å². The summed E-state index contributed by atoms with van der Waals surface area (Å²) in [6, 6.07) is 21.3. The van der Waals surface area contributed by atoms with Gasteiger partial charge in [-0.1, -0.05) is 42.5 Å². The summed E-state index contributed by atoms with van der Waals surface area (Å²) in [5, 5.41) is 9.55. The summed E-state index contributed by atoms with van der Waals surface area (Å²) in [4.78, 5) is 24.3. The third-order valence-electron chi connectivity index (χ3n) is 4.45. The highest BCUT2D eigenvalue weighted by atomic mass is 19.1. The van der Waals surface area contributed by atoms with Crippen LogP contribution < -0.4 is 9.47 Å². The number of Topliss-reactive ketones (excluding diaryl/α,β-unsaturated/α-hetero) is 1. The van der Waals surface area contributed by atoms with Gasteiger partial charge < -0.3 is 14.6 Å². The number of ether oxygens (including phenoxy) is 2. The van der Waals surface area contributed by atoms with Crippen LogP contribution in [0.15, 0.2) is 78.9 Å². The van der Waals surface area contributed by atoms with E-state index in [4.69, 9.17) is 9.47 Å². The van der Waals surface area contributed by atoms with Gasteiger partial charge in [0, 0.05) is 0 Å². The zero-order valence-corrected chi connectivity index (χ0v) is 16.2. The van der Waals surface area contributed by atoms with E-state index in [0.29, 0.717) is 12.2 Å². The smallest absolute Gasteiger partial charge is 0.344 e. The molecule has 0 saturated heterocycles. The van der Waals surface area contributed by atoms with E-state index in [9.17, 15) is 19.1 Å². The van der Waals surface area contributed by atoms with E-state index in [1.54, 1.807) is 24.3 Å². The first-order valence-electron chi connectivity index (χ1n) is 9.47. The average Bonchev–Trinajstić information content (AvgIpc) is 2.77. The van der Waals surface area contributed by atoms with E-state index >= 15 is 0 Å². The van der Waals surface area contributed by atoms with Gasteiger partial charge in [0.25, 0.3) is 0 Å². The standard InChI is InChI=1S/C24H21FO5/c25-18-11-13-19(14-12-18)29-16-21(26)20-8-4-5-9-22(20)30-23(24(27)28)15-10-17-6-2-1-3-7-17/h1-9,11-14,23H,10,15-16H2,(H,27,28). The predicted octanol–water partition coefficient (Wildman–Crippen LogP) is 4.55. The fourth-order valence-electron chi connectivity index (χ4n) is 2.89. The molecule has 0 aliphatic rings. The molecule has 3 rings (SSSR count). The van der Waals surface area contributed by atoms with Crippen molar-refractivity contribution in [3.8, 4) is 11.5 Å². The van der Waals surface area contributed by atoms with Gasteiger partial charge in [0.05, 0.1) is 5.56 Å². The highest BCUT2D eigenvalue weighted by Crippen LogP contribution is 2.22. The molecule has 0 aromatic heterocycles. The summed E-state index contributed by atoms with van der Waals surface area (Å²) in [6.45, 7) is -0.284. The number of aliphatic carboxylic acids is 1. The van der Waals surface area contributed by atoms with Crippen molar-refractivity contribution in [2.24, 2.45) is 0 Å². The third kappa shape index (κ3) is 5.91. The summed E-state index contributed by atoms with van der Waals surface area (Å²) < 4.78 is 24.1. The zero-order valence-electron chi connectivity index (χ0n) is 16.2. The van der Waals surface area contributed by atoms with Gasteiger partial charge >= 0.3 is 5.97 Å². The fourth-order valence-corrected chi connectivity index (χ4v) is 2.89. The first-order chi connectivity index (χ1) is 14.5. The van der Waals surface area contributed by atoms with Gasteiger partial charge in [-0.3, -0.25) is 4.79 Å². The Morgan fingerprint density at radius 2 is 1.57 bits per heavy atom. The molecule has 0 spiro atoms. The normalized spacial score (nSPS) is 11.5. The number of aryl methyl sites for hydroxylation is 1. The third-order valence-corrected chi connectivity index (χ3v) is 4.45. The van der Waals surface area contributed by atoms with Gasteiger partial charge in [0.15, 0.2) is 12.7 Å². The van der Waals surface area contributed by atoms with Gasteiger partial charge in [0.1, 0.15) is 17.3 Å². The quantitative estimate of drug-likeness (QED) is 0.498. The summed E-state index contributed by atoms with van der Waals surface area (Å²) in [5.74, 6) is -1.33. The highest BCUT2D eigenvalue weighted by molar-refractivity contribution is 5.99. The lowest BCUT2D eigenvalue weighted by atomic mass is 10.1. The molecule has 0 radical (unpaired) electrons. The molecule has 0 heterocycles. The van der Waals surface area contributed by atoms with Crippen molar-refractivity contribution in [1.82, 2.24) is 0 Å². The largest absolute Gasteiger partial charge is 0.485 e. The van der Waals surface area contributed by atoms with Crippen molar-refractivity contribution >= 4 is 11.8 Å². The molecule has 0 aliphatic carbocycles. The van der Waals surface area contributed by atoms with Crippen LogP contribution in [0.4, 0.5) is 4.39 Å². The van der Waals surface area contributed by atoms with Crippen LogP contribution in [0.2, 0.25) is 0 Å². The van der Waals surface area contributed by atoms with Crippen LogP contribution >= 0.6 is 0 Å². The monoisotopic (exact) mass is 408 g/mol. The van der Waals surface area contributed by atoms with Crippen molar-refractivity contribution in [1.29, 1.82) is 0 Å². The van der Waals surface area contributed by atoms with Crippen LogP contribution in [0.5, 0.6) is 11.5 Å². The van der Waals surface area contributed by atoms with Gasteiger partial charge in [-0.25, -0.2) is 9.18 Å². The fraction of sp³-hybridized carbons (Fsp3) is 0.167. The molecule has 0 saturated carbocycles. The molecule has 3 aromatic rings. The van der Waals surface area contributed by atoms with Crippen molar-refractivity contribution in [3.05, 3.63) is 95.8 Å². The summed E-state index contributed by atoms with van der Waals surface area (Å²) in [6.07, 6.45) is -0.313. The number of para-hydroxylation sites is 1. The first kappa shape index (κ1) is 21.0. The molecule has 0 bridgehead atoms. The summed E-state index contributed by atoms with van der Waals surface area (Å²) in [5.41, 5.74) is 1.23. The Kier molecular flexibility index (Phi) is 7.16. The second-order valence-corrected chi connectivity index (χ2v) is 6.63. The number of ketones is 1. The van der Waals surface area contributed by atoms with Crippen LogP contribution in [0.3, 0.4) is 0 Å². The maximum Gasteiger partial charge on any atom is 0.344 e. The number of carbonyl (C=O) groups is 2. The molecule has 0 amide bonds. The van der Waals surface area contributed by atoms with E-state index in [-0.39, 0.29) is 30.1 Å². The lowest BCUT2D eigenvalue weighted by Crippen LogP contribution is -2.28.